The number of aryl methyl sites for hydroxylation is 1. The molecule has 0 fully saturated rings. The van der Waals surface area contributed by atoms with E-state index in [0.717, 1.165) is 19.0 Å². The van der Waals surface area contributed by atoms with Crippen LogP contribution >= 0.6 is 27.3 Å². The molecule has 1 N–H and O–H groups in total. The summed E-state index contributed by atoms with van der Waals surface area (Å²) in [5, 5.41) is 3.51. The van der Waals surface area contributed by atoms with Gasteiger partial charge in [-0.3, -0.25) is 0 Å². The van der Waals surface area contributed by atoms with Crippen molar-refractivity contribution in [3.63, 3.8) is 0 Å². The van der Waals surface area contributed by atoms with E-state index in [4.69, 9.17) is 0 Å². The van der Waals surface area contributed by atoms with Crippen molar-refractivity contribution in [2.24, 2.45) is 5.92 Å². The van der Waals surface area contributed by atoms with Crippen molar-refractivity contribution in [2.45, 2.75) is 46.6 Å². The predicted octanol–water partition coefficient (Wildman–Crippen LogP) is 4.73. The fraction of sp³-hybridized carbons (Fsp3) is 0.692. The van der Waals surface area contributed by atoms with Gasteiger partial charge >= 0.3 is 0 Å². The first-order valence-electron chi connectivity index (χ1n) is 6.05. The molecule has 1 aromatic rings. The Morgan fingerprint density at radius 1 is 1.38 bits per heavy atom. The van der Waals surface area contributed by atoms with E-state index in [2.05, 4.69) is 48.1 Å². The Labute approximate surface area is 112 Å². The highest BCUT2D eigenvalue weighted by molar-refractivity contribution is 9.10. The molecule has 0 unspecified atom stereocenters. The minimum absolute atomic E-state index is 0.843. The summed E-state index contributed by atoms with van der Waals surface area (Å²) in [6.45, 7) is 8.89. The van der Waals surface area contributed by atoms with Gasteiger partial charge in [0, 0.05) is 20.8 Å². The lowest BCUT2D eigenvalue weighted by Crippen LogP contribution is -2.13. The van der Waals surface area contributed by atoms with Crippen molar-refractivity contribution in [1.29, 1.82) is 0 Å². The van der Waals surface area contributed by atoms with E-state index in [-0.39, 0.29) is 0 Å². The van der Waals surface area contributed by atoms with Gasteiger partial charge in [-0.05, 0) is 47.8 Å². The lowest BCUT2D eigenvalue weighted by atomic mass is 10.1. The zero-order chi connectivity index (χ0) is 12.0. The number of hydrogen-bond donors (Lipinski definition) is 1. The lowest BCUT2D eigenvalue weighted by Gasteiger charge is -2.05. The van der Waals surface area contributed by atoms with Crippen molar-refractivity contribution in [1.82, 2.24) is 5.32 Å². The third-order valence-corrected chi connectivity index (χ3v) is 4.73. The van der Waals surface area contributed by atoms with Crippen molar-refractivity contribution in [3.8, 4) is 0 Å². The van der Waals surface area contributed by atoms with Gasteiger partial charge in [-0.15, -0.1) is 11.3 Å². The van der Waals surface area contributed by atoms with Gasteiger partial charge in [0.05, 0.1) is 0 Å². The maximum Gasteiger partial charge on any atom is 0.0314 e. The van der Waals surface area contributed by atoms with Crippen LogP contribution in [0.2, 0.25) is 0 Å². The molecule has 0 aliphatic carbocycles. The molecule has 0 radical (unpaired) electrons. The fourth-order valence-corrected chi connectivity index (χ4v) is 3.19. The number of hydrogen-bond acceptors (Lipinski definition) is 2. The molecule has 0 spiro atoms. The first-order chi connectivity index (χ1) is 7.59. The van der Waals surface area contributed by atoms with Crippen LogP contribution in [-0.4, -0.2) is 6.54 Å². The SMILES string of the molecule is Cc1sc(CNCCCCC(C)C)cc1Br. The molecule has 0 aliphatic heterocycles. The van der Waals surface area contributed by atoms with Gasteiger partial charge < -0.3 is 5.32 Å². The van der Waals surface area contributed by atoms with E-state index in [1.54, 1.807) is 0 Å². The summed E-state index contributed by atoms with van der Waals surface area (Å²) in [5.41, 5.74) is 0. The summed E-state index contributed by atoms with van der Waals surface area (Å²) < 4.78 is 1.24. The van der Waals surface area contributed by atoms with Gasteiger partial charge in [0.2, 0.25) is 0 Å². The summed E-state index contributed by atoms with van der Waals surface area (Å²) >= 11 is 5.42. The molecule has 0 bridgehead atoms. The summed E-state index contributed by atoms with van der Waals surface area (Å²) in [4.78, 5) is 2.80. The Morgan fingerprint density at radius 3 is 2.69 bits per heavy atom. The minimum atomic E-state index is 0.843. The van der Waals surface area contributed by atoms with Gasteiger partial charge in [0.25, 0.3) is 0 Å². The van der Waals surface area contributed by atoms with Gasteiger partial charge in [0.1, 0.15) is 0 Å². The maximum absolute atomic E-state index is 3.55. The second kappa shape index (κ2) is 7.46. The number of unbranched alkanes of at least 4 members (excludes halogenated alkanes) is 1. The van der Waals surface area contributed by atoms with Crippen LogP contribution in [0.3, 0.4) is 0 Å². The molecule has 1 nitrogen and oxygen atoms in total. The molecule has 0 atom stereocenters. The van der Waals surface area contributed by atoms with Gasteiger partial charge in [-0.25, -0.2) is 0 Å². The van der Waals surface area contributed by atoms with E-state index in [1.807, 2.05) is 11.3 Å². The van der Waals surface area contributed by atoms with Crippen LogP contribution < -0.4 is 5.32 Å². The second-order valence-electron chi connectivity index (χ2n) is 4.68. The summed E-state index contributed by atoms with van der Waals surface area (Å²) in [6, 6.07) is 2.22. The van der Waals surface area contributed by atoms with Gasteiger partial charge in [0.15, 0.2) is 0 Å². The topological polar surface area (TPSA) is 12.0 Å². The van der Waals surface area contributed by atoms with Crippen LogP contribution in [0, 0.1) is 12.8 Å². The van der Waals surface area contributed by atoms with Crippen molar-refractivity contribution >= 4 is 27.3 Å². The van der Waals surface area contributed by atoms with E-state index in [1.165, 1.54) is 33.5 Å². The van der Waals surface area contributed by atoms with Crippen molar-refractivity contribution < 1.29 is 0 Å². The molecule has 3 heteroatoms. The largest absolute Gasteiger partial charge is 0.312 e. The molecule has 0 aromatic carbocycles. The fourth-order valence-electron chi connectivity index (χ4n) is 1.62. The van der Waals surface area contributed by atoms with E-state index in [0.29, 0.717) is 0 Å². The third-order valence-electron chi connectivity index (χ3n) is 2.59. The maximum atomic E-state index is 3.55. The molecule has 1 aromatic heterocycles. The molecule has 0 aliphatic rings. The Bertz CT molecular complexity index is 287. The zero-order valence-electron chi connectivity index (χ0n) is 10.5. The Kier molecular flexibility index (Phi) is 6.62. The van der Waals surface area contributed by atoms with Crippen LogP contribution in [0.4, 0.5) is 0 Å². The van der Waals surface area contributed by atoms with E-state index < -0.39 is 0 Å². The quantitative estimate of drug-likeness (QED) is 0.718. The Balaban J connectivity index is 2.07. The molecule has 0 saturated carbocycles. The summed E-state index contributed by atoms with van der Waals surface area (Å²) in [6.07, 6.45) is 3.99. The van der Waals surface area contributed by atoms with Crippen LogP contribution in [0.25, 0.3) is 0 Å². The van der Waals surface area contributed by atoms with Gasteiger partial charge in [-0.1, -0.05) is 26.7 Å². The molecule has 1 heterocycles. The molecular formula is C13H22BrNS. The zero-order valence-corrected chi connectivity index (χ0v) is 12.9. The third kappa shape index (κ3) is 5.46. The highest BCUT2D eigenvalue weighted by Gasteiger charge is 2.01. The van der Waals surface area contributed by atoms with E-state index in [9.17, 15) is 0 Å². The average molecular weight is 304 g/mol. The molecule has 0 saturated heterocycles. The Morgan fingerprint density at radius 2 is 2.12 bits per heavy atom. The molecular weight excluding hydrogens is 282 g/mol. The van der Waals surface area contributed by atoms with Crippen LogP contribution in [0.1, 0.15) is 42.9 Å². The molecule has 92 valence electrons. The summed E-state index contributed by atoms with van der Waals surface area (Å²) in [7, 11) is 0. The number of halogens is 1. The predicted molar refractivity (Wildman–Crippen MR) is 77.2 cm³/mol. The second-order valence-corrected chi connectivity index (χ2v) is 6.88. The van der Waals surface area contributed by atoms with Crippen molar-refractivity contribution in [2.75, 3.05) is 6.54 Å². The Hall–Kier alpha value is 0.140. The molecule has 0 amide bonds. The normalized spacial score (nSPS) is 11.3. The first kappa shape index (κ1) is 14.2. The standard InChI is InChI=1S/C13H22BrNS/c1-10(2)6-4-5-7-15-9-12-8-13(14)11(3)16-12/h8,10,15H,4-7,9H2,1-3H3. The highest BCUT2D eigenvalue weighted by Crippen LogP contribution is 2.26. The average Bonchev–Trinajstić information content (AvgIpc) is 2.52. The number of rotatable bonds is 7. The van der Waals surface area contributed by atoms with Gasteiger partial charge in [-0.2, -0.15) is 0 Å². The van der Waals surface area contributed by atoms with Crippen LogP contribution in [-0.2, 0) is 6.54 Å². The number of thiophene rings is 1. The smallest absolute Gasteiger partial charge is 0.0314 e. The molecule has 16 heavy (non-hydrogen) atoms. The highest BCUT2D eigenvalue weighted by atomic mass is 79.9. The first-order valence-corrected chi connectivity index (χ1v) is 7.66. The molecule has 1 rings (SSSR count). The minimum Gasteiger partial charge on any atom is -0.312 e. The summed E-state index contributed by atoms with van der Waals surface area (Å²) in [5.74, 6) is 0.843. The lowest BCUT2D eigenvalue weighted by molar-refractivity contribution is 0.521. The van der Waals surface area contributed by atoms with Crippen LogP contribution in [0.5, 0.6) is 0 Å². The van der Waals surface area contributed by atoms with Crippen molar-refractivity contribution in [3.05, 3.63) is 20.3 Å². The monoisotopic (exact) mass is 303 g/mol. The number of nitrogens with one attached hydrogen (secondary N) is 1. The van der Waals surface area contributed by atoms with Crippen LogP contribution in [0.15, 0.2) is 10.5 Å². The van der Waals surface area contributed by atoms with E-state index >= 15 is 0 Å².